The smallest absolute Gasteiger partial charge is 0.161 e. The van der Waals surface area contributed by atoms with Crippen molar-refractivity contribution < 1.29 is 9.53 Å². The largest absolute Gasteiger partial charge is 0.374 e. The second kappa shape index (κ2) is 3.71. The summed E-state index contributed by atoms with van der Waals surface area (Å²) in [6.07, 6.45) is 3.40. The Kier molecular flexibility index (Phi) is 2.87. The van der Waals surface area contributed by atoms with Crippen LogP contribution in [0.2, 0.25) is 0 Å². The van der Waals surface area contributed by atoms with Crippen LogP contribution in [0.15, 0.2) is 0 Å². The molecule has 0 aromatic heterocycles. The Morgan fingerprint density at radius 1 is 1.60 bits per heavy atom. The Hall–Kier alpha value is -0.370. The second-order valence-electron chi connectivity index (χ2n) is 2.73. The third-order valence-electron chi connectivity index (χ3n) is 2.01. The fourth-order valence-electron chi connectivity index (χ4n) is 1.05. The molecule has 0 saturated heterocycles. The first-order valence-corrected chi connectivity index (χ1v) is 3.95. The number of carbonyl (C=O) groups is 1. The van der Waals surface area contributed by atoms with E-state index in [1.807, 2.05) is 6.92 Å². The van der Waals surface area contributed by atoms with E-state index in [0.717, 1.165) is 12.8 Å². The Labute approximate surface area is 61.6 Å². The predicted octanol–water partition coefficient (Wildman–Crippen LogP) is 1.39. The minimum Gasteiger partial charge on any atom is -0.374 e. The number of rotatable bonds is 4. The molecular weight excluding hydrogens is 128 g/mol. The summed E-state index contributed by atoms with van der Waals surface area (Å²) in [4.78, 5) is 11.1. The molecule has 1 saturated carbocycles. The molecule has 0 amide bonds. The lowest BCUT2D eigenvalue weighted by Gasteiger charge is -2.23. The van der Waals surface area contributed by atoms with Crippen LogP contribution < -0.4 is 0 Å². The van der Waals surface area contributed by atoms with Gasteiger partial charge in [0.25, 0.3) is 0 Å². The minimum absolute atomic E-state index is 0.299. The molecule has 2 heteroatoms. The zero-order valence-electron chi connectivity index (χ0n) is 6.43. The van der Waals surface area contributed by atoms with Gasteiger partial charge in [0.1, 0.15) is 6.61 Å². The quantitative estimate of drug-likeness (QED) is 0.593. The lowest BCUT2D eigenvalue weighted by Crippen LogP contribution is -2.25. The van der Waals surface area contributed by atoms with Gasteiger partial charge in [-0.3, -0.25) is 4.79 Å². The van der Waals surface area contributed by atoms with Crippen molar-refractivity contribution in [2.75, 3.05) is 13.2 Å². The Balaban J connectivity index is 2.08. The standard InChI is InChI=1S/C8H14O2/c1-2-10-6-8(9)7-4-3-5-7/h7H,2-6H2,1H3. The van der Waals surface area contributed by atoms with Gasteiger partial charge in [-0.05, 0) is 19.8 Å². The number of ketones is 1. The van der Waals surface area contributed by atoms with E-state index < -0.39 is 0 Å². The van der Waals surface area contributed by atoms with E-state index in [9.17, 15) is 4.79 Å². The van der Waals surface area contributed by atoms with Crippen molar-refractivity contribution in [2.45, 2.75) is 26.2 Å². The summed E-state index contributed by atoms with van der Waals surface area (Å²) in [6, 6.07) is 0. The normalized spacial score (nSPS) is 18.5. The molecule has 2 nitrogen and oxygen atoms in total. The molecule has 0 N–H and O–H groups in total. The van der Waals surface area contributed by atoms with E-state index in [0.29, 0.717) is 24.9 Å². The molecule has 1 aliphatic rings. The first kappa shape index (κ1) is 7.73. The molecule has 0 spiro atoms. The summed E-state index contributed by atoms with van der Waals surface area (Å²) in [6.45, 7) is 2.90. The van der Waals surface area contributed by atoms with Crippen molar-refractivity contribution in [3.05, 3.63) is 0 Å². The fourth-order valence-corrected chi connectivity index (χ4v) is 1.05. The van der Waals surface area contributed by atoms with Gasteiger partial charge in [0.05, 0.1) is 0 Å². The third kappa shape index (κ3) is 1.81. The SMILES string of the molecule is CCOCC(=O)C1CCC1. The van der Waals surface area contributed by atoms with E-state index in [-0.39, 0.29) is 0 Å². The molecule has 0 radical (unpaired) electrons. The number of ether oxygens (including phenoxy) is 1. The molecule has 10 heavy (non-hydrogen) atoms. The molecular formula is C8H14O2. The van der Waals surface area contributed by atoms with Crippen molar-refractivity contribution >= 4 is 5.78 Å². The summed E-state index contributed by atoms with van der Waals surface area (Å²) >= 11 is 0. The fraction of sp³-hybridized carbons (Fsp3) is 0.875. The number of hydrogen-bond acceptors (Lipinski definition) is 2. The average Bonchev–Trinajstić information content (AvgIpc) is 1.79. The number of carbonyl (C=O) groups excluding carboxylic acids is 1. The summed E-state index contributed by atoms with van der Waals surface area (Å²) in [5, 5.41) is 0. The van der Waals surface area contributed by atoms with Crippen molar-refractivity contribution in [1.29, 1.82) is 0 Å². The molecule has 0 unspecified atom stereocenters. The predicted molar refractivity (Wildman–Crippen MR) is 38.8 cm³/mol. The van der Waals surface area contributed by atoms with Gasteiger partial charge in [-0.1, -0.05) is 6.42 Å². The van der Waals surface area contributed by atoms with Gasteiger partial charge in [0.15, 0.2) is 5.78 Å². The van der Waals surface area contributed by atoms with Gasteiger partial charge in [0, 0.05) is 12.5 Å². The van der Waals surface area contributed by atoms with E-state index in [1.165, 1.54) is 6.42 Å². The molecule has 0 heterocycles. The summed E-state index contributed by atoms with van der Waals surface area (Å²) in [7, 11) is 0. The van der Waals surface area contributed by atoms with E-state index in [4.69, 9.17) is 4.74 Å². The summed E-state index contributed by atoms with van der Waals surface area (Å²) < 4.78 is 5.00. The molecule has 0 aliphatic heterocycles. The monoisotopic (exact) mass is 142 g/mol. The average molecular weight is 142 g/mol. The van der Waals surface area contributed by atoms with Gasteiger partial charge in [-0.25, -0.2) is 0 Å². The first-order chi connectivity index (χ1) is 4.84. The van der Waals surface area contributed by atoms with Crippen molar-refractivity contribution in [1.82, 2.24) is 0 Å². The van der Waals surface area contributed by atoms with Crippen LogP contribution in [0.4, 0.5) is 0 Å². The molecule has 1 rings (SSSR count). The molecule has 0 atom stereocenters. The lowest BCUT2D eigenvalue weighted by atomic mass is 9.82. The van der Waals surface area contributed by atoms with Crippen LogP contribution in [0, 0.1) is 5.92 Å². The molecule has 0 aromatic carbocycles. The summed E-state index contributed by atoms with van der Waals surface area (Å²) in [5.41, 5.74) is 0. The lowest BCUT2D eigenvalue weighted by molar-refractivity contribution is -0.129. The Bertz CT molecular complexity index is 116. The highest BCUT2D eigenvalue weighted by atomic mass is 16.5. The van der Waals surface area contributed by atoms with E-state index >= 15 is 0 Å². The van der Waals surface area contributed by atoms with Crippen molar-refractivity contribution in [3.8, 4) is 0 Å². The van der Waals surface area contributed by atoms with Gasteiger partial charge in [-0.15, -0.1) is 0 Å². The zero-order chi connectivity index (χ0) is 7.40. The van der Waals surface area contributed by atoms with Crippen LogP contribution in [0.5, 0.6) is 0 Å². The number of hydrogen-bond donors (Lipinski definition) is 0. The van der Waals surface area contributed by atoms with Gasteiger partial charge >= 0.3 is 0 Å². The second-order valence-corrected chi connectivity index (χ2v) is 2.73. The van der Waals surface area contributed by atoms with E-state index in [1.54, 1.807) is 0 Å². The van der Waals surface area contributed by atoms with Crippen molar-refractivity contribution in [2.24, 2.45) is 5.92 Å². The highest BCUT2D eigenvalue weighted by molar-refractivity contribution is 5.82. The first-order valence-electron chi connectivity index (χ1n) is 3.95. The van der Waals surface area contributed by atoms with Gasteiger partial charge in [-0.2, -0.15) is 0 Å². The number of Topliss-reactive ketones (excluding diaryl/α,β-unsaturated/α-hetero) is 1. The highest BCUT2D eigenvalue weighted by Crippen LogP contribution is 2.26. The van der Waals surface area contributed by atoms with Crippen LogP contribution in [0.25, 0.3) is 0 Å². The summed E-state index contributed by atoms with van der Waals surface area (Å²) in [5.74, 6) is 0.639. The maximum absolute atomic E-state index is 11.1. The third-order valence-corrected chi connectivity index (χ3v) is 2.01. The highest BCUT2D eigenvalue weighted by Gasteiger charge is 2.24. The molecule has 1 aliphatic carbocycles. The topological polar surface area (TPSA) is 26.3 Å². The maximum atomic E-state index is 11.1. The van der Waals surface area contributed by atoms with Crippen LogP contribution in [0.3, 0.4) is 0 Å². The Morgan fingerprint density at radius 2 is 2.30 bits per heavy atom. The van der Waals surface area contributed by atoms with Gasteiger partial charge < -0.3 is 4.74 Å². The molecule has 0 bridgehead atoms. The Morgan fingerprint density at radius 3 is 2.70 bits per heavy atom. The van der Waals surface area contributed by atoms with Crippen LogP contribution >= 0.6 is 0 Å². The van der Waals surface area contributed by atoms with Gasteiger partial charge in [0.2, 0.25) is 0 Å². The van der Waals surface area contributed by atoms with Crippen LogP contribution in [-0.4, -0.2) is 19.0 Å². The van der Waals surface area contributed by atoms with E-state index in [2.05, 4.69) is 0 Å². The van der Waals surface area contributed by atoms with Crippen LogP contribution in [0.1, 0.15) is 26.2 Å². The molecule has 1 fully saturated rings. The molecule has 58 valence electrons. The van der Waals surface area contributed by atoms with Crippen molar-refractivity contribution in [3.63, 3.8) is 0 Å². The molecule has 0 aromatic rings. The zero-order valence-corrected chi connectivity index (χ0v) is 6.43. The minimum atomic E-state index is 0.299. The van der Waals surface area contributed by atoms with Crippen LogP contribution in [-0.2, 0) is 9.53 Å². The maximum Gasteiger partial charge on any atom is 0.161 e.